The van der Waals surface area contributed by atoms with Gasteiger partial charge in [-0.15, -0.1) is 0 Å². The highest BCUT2D eigenvalue weighted by Crippen LogP contribution is 2.20. The molecule has 4 nitrogen and oxygen atoms in total. The maximum atomic E-state index is 11.1. The van der Waals surface area contributed by atoms with E-state index in [4.69, 9.17) is 22.2 Å². The molecule has 1 aromatic rings. The molecule has 3 N–H and O–H groups in total. The van der Waals surface area contributed by atoms with Gasteiger partial charge in [0.2, 0.25) is 0 Å². The van der Waals surface area contributed by atoms with Gasteiger partial charge in [-0.25, -0.2) is 5.84 Å². The van der Waals surface area contributed by atoms with E-state index < -0.39 is 5.91 Å². The van der Waals surface area contributed by atoms with Gasteiger partial charge in [-0.05, 0) is 18.2 Å². The van der Waals surface area contributed by atoms with Crippen LogP contribution in [-0.4, -0.2) is 13.0 Å². The first-order chi connectivity index (χ1) is 6.17. The third-order valence-electron chi connectivity index (χ3n) is 1.50. The van der Waals surface area contributed by atoms with Crippen molar-refractivity contribution in [1.82, 2.24) is 5.43 Å². The first-order valence-electron chi connectivity index (χ1n) is 3.53. The lowest BCUT2D eigenvalue weighted by Crippen LogP contribution is -2.29. The van der Waals surface area contributed by atoms with Gasteiger partial charge in [0, 0.05) is 10.6 Å². The number of carbonyl (C=O) groups is 1. The van der Waals surface area contributed by atoms with Crippen LogP contribution in [0.2, 0.25) is 5.02 Å². The highest BCUT2D eigenvalue weighted by molar-refractivity contribution is 6.31. The lowest BCUT2D eigenvalue weighted by atomic mass is 10.2. The molecule has 0 saturated carbocycles. The van der Waals surface area contributed by atoms with E-state index in [1.165, 1.54) is 13.2 Å². The van der Waals surface area contributed by atoms with E-state index in [2.05, 4.69) is 0 Å². The molecule has 0 radical (unpaired) electrons. The maximum Gasteiger partial charge on any atom is 0.265 e. The second-order valence-corrected chi connectivity index (χ2v) is 2.79. The summed E-state index contributed by atoms with van der Waals surface area (Å²) in [6.45, 7) is 0. The van der Waals surface area contributed by atoms with E-state index >= 15 is 0 Å². The molecule has 0 saturated heterocycles. The molecule has 0 aromatic heterocycles. The fourth-order valence-corrected chi connectivity index (χ4v) is 1.12. The molecule has 70 valence electrons. The summed E-state index contributed by atoms with van der Waals surface area (Å²) >= 11 is 5.73. The largest absolute Gasteiger partial charge is 0.497 e. The van der Waals surface area contributed by atoms with Crippen molar-refractivity contribution in [1.29, 1.82) is 0 Å². The fraction of sp³-hybridized carbons (Fsp3) is 0.125. The fourth-order valence-electron chi connectivity index (χ4n) is 0.895. The van der Waals surface area contributed by atoms with Gasteiger partial charge in [0.05, 0.1) is 7.11 Å². The molecule has 0 heterocycles. The molecule has 0 bridgehead atoms. The van der Waals surface area contributed by atoms with Gasteiger partial charge in [-0.2, -0.15) is 0 Å². The van der Waals surface area contributed by atoms with E-state index in [1.54, 1.807) is 12.1 Å². The minimum absolute atomic E-state index is 0.367. The summed E-state index contributed by atoms with van der Waals surface area (Å²) in [6, 6.07) is 4.66. The predicted molar refractivity (Wildman–Crippen MR) is 49.7 cm³/mol. The molecule has 0 unspecified atom stereocenters. The molecule has 1 amide bonds. The number of carbonyl (C=O) groups excluding carboxylic acids is 1. The Kier molecular flexibility index (Phi) is 3.11. The van der Waals surface area contributed by atoms with Crippen molar-refractivity contribution in [3.63, 3.8) is 0 Å². The zero-order chi connectivity index (χ0) is 9.84. The number of hydrazine groups is 1. The smallest absolute Gasteiger partial charge is 0.265 e. The number of nitrogens with one attached hydrogen (secondary N) is 1. The molecular weight excluding hydrogens is 192 g/mol. The molecular formula is C8H9ClN2O2. The summed E-state index contributed by atoms with van der Waals surface area (Å²) < 4.78 is 4.93. The Hall–Kier alpha value is -1.26. The minimum Gasteiger partial charge on any atom is -0.497 e. The van der Waals surface area contributed by atoms with Gasteiger partial charge in [0.1, 0.15) is 5.75 Å². The number of methoxy groups -OCH3 is 1. The van der Waals surface area contributed by atoms with Crippen LogP contribution in [0.4, 0.5) is 0 Å². The molecule has 1 aromatic carbocycles. The summed E-state index contributed by atoms with van der Waals surface area (Å²) in [5.74, 6) is 5.08. The first kappa shape index (κ1) is 9.83. The van der Waals surface area contributed by atoms with Crippen molar-refractivity contribution in [3.8, 4) is 5.75 Å². The summed E-state index contributed by atoms with van der Waals surface area (Å²) in [5, 5.41) is 0.429. The van der Waals surface area contributed by atoms with Crippen molar-refractivity contribution in [2.45, 2.75) is 0 Å². The Labute approximate surface area is 80.6 Å². The SMILES string of the molecule is COc1cc(Cl)cc(C(=O)NN)c1. The Morgan fingerprint density at radius 3 is 2.77 bits per heavy atom. The van der Waals surface area contributed by atoms with Crippen LogP contribution in [0.5, 0.6) is 5.75 Å². The second-order valence-electron chi connectivity index (χ2n) is 2.35. The van der Waals surface area contributed by atoms with Crippen LogP contribution in [0, 0.1) is 0 Å². The number of benzene rings is 1. The van der Waals surface area contributed by atoms with Crippen LogP contribution < -0.4 is 16.0 Å². The monoisotopic (exact) mass is 200 g/mol. The normalized spacial score (nSPS) is 9.46. The Morgan fingerprint density at radius 1 is 1.54 bits per heavy atom. The number of halogens is 1. The molecule has 13 heavy (non-hydrogen) atoms. The van der Waals surface area contributed by atoms with E-state index in [0.29, 0.717) is 16.3 Å². The van der Waals surface area contributed by atoms with Crippen LogP contribution >= 0.6 is 11.6 Å². The van der Waals surface area contributed by atoms with Crippen molar-refractivity contribution in [2.24, 2.45) is 5.84 Å². The Balaban J connectivity index is 3.08. The summed E-state index contributed by atoms with van der Waals surface area (Å²) in [4.78, 5) is 11.1. The maximum absolute atomic E-state index is 11.1. The van der Waals surface area contributed by atoms with Crippen molar-refractivity contribution in [3.05, 3.63) is 28.8 Å². The molecule has 0 fully saturated rings. The van der Waals surface area contributed by atoms with E-state index in [0.717, 1.165) is 0 Å². The average molecular weight is 201 g/mol. The van der Waals surface area contributed by atoms with Gasteiger partial charge in [-0.3, -0.25) is 10.2 Å². The average Bonchev–Trinajstić information content (AvgIpc) is 2.15. The predicted octanol–water partition coefficient (Wildman–Crippen LogP) is 0.952. The van der Waals surface area contributed by atoms with Crippen LogP contribution in [0.25, 0.3) is 0 Å². The number of rotatable bonds is 2. The van der Waals surface area contributed by atoms with Crippen LogP contribution in [0.15, 0.2) is 18.2 Å². The molecule has 0 aliphatic rings. The second kappa shape index (κ2) is 4.11. The molecule has 0 aliphatic heterocycles. The number of hydrogen-bond acceptors (Lipinski definition) is 3. The summed E-state index contributed by atoms with van der Waals surface area (Å²) in [6.07, 6.45) is 0. The van der Waals surface area contributed by atoms with Crippen LogP contribution in [0.3, 0.4) is 0 Å². The third-order valence-corrected chi connectivity index (χ3v) is 1.72. The van der Waals surface area contributed by atoms with E-state index in [9.17, 15) is 4.79 Å². The topological polar surface area (TPSA) is 64.3 Å². The lowest BCUT2D eigenvalue weighted by molar-refractivity contribution is 0.0953. The van der Waals surface area contributed by atoms with E-state index in [1.807, 2.05) is 5.43 Å². The van der Waals surface area contributed by atoms with Gasteiger partial charge < -0.3 is 4.74 Å². The zero-order valence-electron chi connectivity index (χ0n) is 7.00. The van der Waals surface area contributed by atoms with Crippen LogP contribution in [-0.2, 0) is 0 Å². The van der Waals surface area contributed by atoms with Crippen molar-refractivity contribution >= 4 is 17.5 Å². The number of nitrogen functional groups attached to an aromatic ring is 1. The van der Waals surface area contributed by atoms with Gasteiger partial charge >= 0.3 is 0 Å². The van der Waals surface area contributed by atoms with Gasteiger partial charge in [0.25, 0.3) is 5.91 Å². The molecule has 1 rings (SSSR count). The highest BCUT2D eigenvalue weighted by atomic mass is 35.5. The Morgan fingerprint density at radius 2 is 2.23 bits per heavy atom. The number of hydrogen-bond donors (Lipinski definition) is 2. The number of ether oxygens (including phenoxy) is 1. The molecule has 0 atom stereocenters. The van der Waals surface area contributed by atoms with Crippen molar-refractivity contribution < 1.29 is 9.53 Å². The summed E-state index contributed by atoms with van der Waals surface area (Å²) in [7, 11) is 1.50. The highest BCUT2D eigenvalue weighted by Gasteiger charge is 2.06. The summed E-state index contributed by atoms with van der Waals surface area (Å²) in [5.41, 5.74) is 2.37. The van der Waals surface area contributed by atoms with E-state index in [-0.39, 0.29) is 0 Å². The van der Waals surface area contributed by atoms with Crippen molar-refractivity contribution in [2.75, 3.05) is 7.11 Å². The van der Waals surface area contributed by atoms with Gasteiger partial charge in [-0.1, -0.05) is 11.6 Å². The lowest BCUT2D eigenvalue weighted by Gasteiger charge is -2.04. The first-order valence-corrected chi connectivity index (χ1v) is 3.90. The number of nitrogens with two attached hydrogens (primary N) is 1. The molecule has 0 spiro atoms. The standard InChI is InChI=1S/C8H9ClN2O2/c1-13-7-3-5(8(12)11-10)2-6(9)4-7/h2-4H,10H2,1H3,(H,11,12). The van der Waals surface area contributed by atoms with Crippen LogP contribution in [0.1, 0.15) is 10.4 Å². The van der Waals surface area contributed by atoms with Gasteiger partial charge in [0.15, 0.2) is 0 Å². The Bertz CT molecular complexity index is 328. The molecule has 0 aliphatic carbocycles. The zero-order valence-corrected chi connectivity index (χ0v) is 7.76. The number of amides is 1. The third kappa shape index (κ3) is 2.34. The minimum atomic E-state index is -0.402. The quantitative estimate of drug-likeness (QED) is 0.425. The molecule has 5 heteroatoms.